The van der Waals surface area contributed by atoms with Crippen molar-refractivity contribution in [2.75, 3.05) is 44.9 Å². The van der Waals surface area contributed by atoms with Crippen LogP contribution in [0.5, 0.6) is 5.75 Å². The lowest BCUT2D eigenvalue weighted by molar-refractivity contribution is -0.142. The van der Waals surface area contributed by atoms with Gasteiger partial charge in [0, 0.05) is 45.4 Å². The molecule has 4 rings (SSSR count). The lowest BCUT2D eigenvalue weighted by Crippen LogP contribution is -2.47. The standard InChI is InChI=1S/C24H27F3N6O5/c1-36-13-17(38-19-12-30-31-22(34)21(19)24(25,26)27)14-37-18-6-9-33(23(18)35)16-4-7-32(8-5-16)20-3-2-15(10-28)11-29-20/h2-3,11-12,16-18H,4-9,13-14H2,1H3,(H,31,34)/t17?,18-/m0/s1. The minimum Gasteiger partial charge on any atom is -0.483 e. The van der Waals surface area contributed by atoms with Crippen LogP contribution in [0.1, 0.15) is 30.4 Å². The van der Waals surface area contributed by atoms with E-state index in [1.165, 1.54) is 13.3 Å². The van der Waals surface area contributed by atoms with Crippen LogP contribution in [-0.4, -0.2) is 84.2 Å². The van der Waals surface area contributed by atoms with E-state index in [0.717, 1.165) is 24.9 Å². The largest absolute Gasteiger partial charge is 0.483 e. The van der Waals surface area contributed by atoms with Crippen molar-refractivity contribution in [2.24, 2.45) is 0 Å². The Morgan fingerprint density at radius 3 is 2.55 bits per heavy atom. The Morgan fingerprint density at radius 2 is 1.92 bits per heavy atom. The number of piperidine rings is 1. The molecule has 0 aromatic carbocycles. The third-order valence-electron chi connectivity index (χ3n) is 6.53. The predicted molar refractivity (Wildman–Crippen MR) is 126 cm³/mol. The van der Waals surface area contributed by atoms with Crippen molar-refractivity contribution < 1.29 is 32.2 Å². The number of hydrogen-bond donors (Lipinski definition) is 1. The number of methoxy groups -OCH3 is 1. The molecule has 1 N–H and O–H groups in total. The van der Waals surface area contributed by atoms with Crippen LogP contribution in [0.3, 0.4) is 0 Å². The average molecular weight is 537 g/mol. The molecule has 0 aliphatic carbocycles. The molecule has 2 aromatic heterocycles. The Bertz CT molecular complexity index is 1210. The fraction of sp³-hybridized carbons (Fsp3) is 0.542. The first-order chi connectivity index (χ1) is 18.2. The number of carbonyl (C=O) groups is 1. The van der Waals surface area contributed by atoms with Crippen molar-refractivity contribution >= 4 is 11.7 Å². The molecule has 2 saturated heterocycles. The first kappa shape index (κ1) is 27.3. The first-order valence-corrected chi connectivity index (χ1v) is 12.0. The van der Waals surface area contributed by atoms with Gasteiger partial charge in [0.1, 0.15) is 24.1 Å². The van der Waals surface area contributed by atoms with Crippen LogP contribution in [0.25, 0.3) is 0 Å². The molecule has 1 amide bonds. The van der Waals surface area contributed by atoms with Crippen LogP contribution in [-0.2, 0) is 20.4 Å². The topological polar surface area (TPSA) is 134 Å². The zero-order valence-corrected chi connectivity index (χ0v) is 20.6. The first-order valence-electron chi connectivity index (χ1n) is 12.0. The fourth-order valence-corrected chi connectivity index (χ4v) is 4.68. The molecule has 2 fully saturated rings. The SMILES string of the molecule is COCC(CO[C@H]1CCN(C2CCN(c3ccc(C#N)cn3)CC2)C1=O)Oc1cn[nH]c(=O)c1C(F)(F)F. The van der Waals surface area contributed by atoms with Crippen molar-refractivity contribution in [3.8, 4) is 11.8 Å². The van der Waals surface area contributed by atoms with E-state index in [0.29, 0.717) is 31.6 Å². The monoisotopic (exact) mass is 536 g/mol. The highest BCUT2D eigenvalue weighted by Crippen LogP contribution is 2.33. The van der Waals surface area contributed by atoms with Crippen molar-refractivity contribution in [1.82, 2.24) is 20.1 Å². The zero-order chi connectivity index (χ0) is 27.3. The number of amides is 1. The number of aromatic nitrogens is 3. The van der Waals surface area contributed by atoms with Gasteiger partial charge in [-0.05, 0) is 25.0 Å². The maximum atomic E-state index is 13.3. The van der Waals surface area contributed by atoms with Gasteiger partial charge in [-0.3, -0.25) is 9.59 Å². The van der Waals surface area contributed by atoms with Gasteiger partial charge >= 0.3 is 6.18 Å². The molecule has 0 saturated carbocycles. The Labute approximate surface area is 216 Å². The Balaban J connectivity index is 1.32. The van der Waals surface area contributed by atoms with Crippen molar-refractivity contribution in [3.05, 3.63) is 46.0 Å². The molecular weight excluding hydrogens is 509 g/mol. The van der Waals surface area contributed by atoms with Crippen LogP contribution in [0.4, 0.5) is 19.0 Å². The average Bonchev–Trinajstić information content (AvgIpc) is 3.27. The number of carbonyl (C=O) groups excluding carboxylic acids is 1. The molecular formula is C24H27F3N6O5. The van der Waals surface area contributed by atoms with Gasteiger partial charge in [-0.25, -0.2) is 10.1 Å². The number of rotatable bonds is 9. The molecule has 4 heterocycles. The third kappa shape index (κ3) is 6.22. The summed E-state index contributed by atoms with van der Waals surface area (Å²) < 4.78 is 56.2. The van der Waals surface area contributed by atoms with Gasteiger partial charge in [-0.1, -0.05) is 0 Å². The van der Waals surface area contributed by atoms with E-state index in [9.17, 15) is 22.8 Å². The fourth-order valence-electron chi connectivity index (χ4n) is 4.68. The number of anilines is 1. The summed E-state index contributed by atoms with van der Waals surface area (Å²) in [6.07, 6.45) is -2.48. The molecule has 38 heavy (non-hydrogen) atoms. The van der Waals surface area contributed by atoms with Gasteiger partial charge in [0.15, 0.2) is 11.3 Å². The predicted octanol–water partition coefficient (Wildman–Crippen LogP) is 1.74. The quantitative estimate of drug-likeness (QED) is 0.509. The number of nitrogens with one attached hydrogen (secondary N) is 1. The van der Waals surface area contributed by atoms with Crippen LogP contribution in [0.15, 0.2) is 29.3 Å². The number of ether oxygens (including phenoxy) is 3. The summed E-state index contributed by atoms with van der Waals surface area (Å²) in [6, 6.07) is 5.61. The van der Waals surface area contributed by atoms with E-state index in [-0.39, 0.29) is 25.2 Å². The van der Waals surface area contributed by atoms with Gasteiger partial charge in [0.25, 0.3) is 11.5 Å². The van der Waals surface area contributed by atoms with E-state index in [1.807, 2.05) is 12.1 Å². The van der Waals surface area contributed by atoms with Gasteiger partial charge in [0.2, 0.25) is 0 Å². The smallest absolute Gasteiger partial charge is 0.425 e. The minimum absolute atomic E-state index is 0.0354. The maximum absolute atomic E-state index is 13.3. The van der Waals surface area contributed by atoms with Crippen LogP contribution in [0, 0.1) is 11.3 Å². The highest BCUT2D eigenvalue weighted by Gasteiger charge is 2.40. The van der Waals surface area contributed by atoms with E-state index in [1.54, 1.807) is 16.1 Å². The molecule has 1 unspecified atom stereocenters. The number of nitriles is 1. The summed E-state index contributed by atoms with van der Waals surface area (Å²) in [6.45, 7) is 1.57. The normalized spacial score (nSPS) is 19.4. The van der Waals surface area contributed by atoms with Crippen LogP contribution < -0.4 is 15.2 Å². The zero-order valence-electron chi connectivity index (χ0n) is 20.6. The number of hydrogen-bond acceptors (Lipinski definition) is 9. The third-order valence-corrected chi connectivity index (χ3v) is 6.53. The molecule has 2 atom stereocenters. The van der Waals surface area contributed by atoms with E-state index in [4.69, 9.17) is 19.5 Å². The number of halogens is 3. The Kier molecular flexibility index (Phi) is 8.48. The Morgan fingerprint density at radius 1 is 1.16 bits per heavy atom. The molecule has 14 heteroatoms. The number of H-pyrrole nitrogens is 1. The lowest BCUT2D eigenvalue weighted by Gasteiger charge is -2.37. The number of aromatic amines is 1. The maximum Gasteiger partial charge on any atom is 0.425 e. The van der Waals surface area contributed by atoms with Gasteiger partial charge < -0.3 is 24.0 Å². The van der Waals surface area contributed by atoms with Crippen molar-refractivity contribution in [1.29, 1.82) is 5.26 Å². The van der Waals surface area contributed by atoms with Gasteiger partial charge in [-0.2, -0.15) is 23.5 Å². The Hall–Kier alpha value is -3.70. The number of likely N-dealkylation sites (tertiary alicyclic amines) is 1. The lowest BCUT2D eigenvalue weighted by atomic mass is 10.0. The molecule has 204 valence electrons. The number of nitrogens with zero attached hydrogens (tertiary/aromatic N) is 5. The molecule has 0 spiro atoms. The second-order valence-corrected chi connectivity index (χ2v) is 9.01. The van der Waals surface area contributed by atoms with Crippen LogP contribution >= 0.6 is 0 Å². The molecule has 2 aromatic rings. The number of alkyl halides is 3. The minimum atomic E-state index is -4.95. The van der Waals surface area contributed by atoms with E-state index >= 15 is 0 Å². The van der Waals surface area contributed by atoms with Gasteiger partial charge in [-0.15, -0.1) is 0 Å². The van der Waals surface area contributed by atoms with Crippen molar-refractivity contribution in [2.45, 2.75) is 43.7 Å². The van der Waals surface area contributed by atoms with Crippen LogP contribution in [0.2, 0.25) is 0 Å². The molecule has 2 aliphatic rings. The highest BCUT2D eigenvalue weighted by molar-refractivity contribution is 5.83. The van der Waals surface area contributed by atoms with E-state index in [2.05, 4.69) is 15.0 Å². The molecule has 2 aliphatic heterocycles. The summed E-state index contributed by atoms with van der Waals surface area (Å²) >= 11 is 0. The highest BCUT2D eigenvalue weighted by atomic mass is 19.4. The molecule has 11 nitrogen and oxygen atoms in total. The number of pyridine rings is 1. The van der Waals surface area contributed by atoms with Gasteiger partial charge in [0.05, 0.1) is 25.0 Å². The summed E-state index contributed by atoms with van der Waals surface area (Å²) in [4.78, 5) is 33.0. The summed E-state index contributed by atoms with van der Waals surface area (Å²) in [5, 5.41) is 14.1. The summed E-state index contributed by atoms with van der Waals surface area (Å²) in [5.74, 6) is -0.135. The molecule has 0 radical (unpaired) electrons. The summed E-state index contributed by atoms with van der Waals surface area (Å²) in [5.41, 5.74) is -2.43. The van der Waals surface area contributed by atoms with E-state index < -0.39 is 35.3 Å². The summed E-state index contributed by atoms with van der Waals surface area (Å²) in [7, 11) is 1.35. The second-order valence-electron chi connectivity index (χ2n) is 9.01. The second kappa shape index (κ2) is 11.8. The molecule has 0 bridgehead atoms. The van der Waals surface area contributed by atoms with Crippen molar-refractivity contribution in [3.63, 3.8) is 0 Å².